The molecule has 1 fully saturated rings. The number of anilines is 1. The summed E-state index contributed by atoms with van der Waals surface area (Å²) in [6.45, 7) is 10.4. The van der Waals surface area contributed by atoms with Gasteiger partial charge in [-0.05, 0) is 25.5 Å². The Kier molecular flexibility index (Phi) is 5.22. The molecule has 1 atom stereocenters. The lowest BCUT2D eigenvalue weighted by Crippen LogP contribution is -2.58. The minimum Gasteiger partial charge on any atom is -0.445 e. The van der Waals surface area contributed by atoms with Crippen molar-refractivity contribution in [2.45, 2.75) is 45.6 Å². The highest BCUT2D eigenvalue weighted by Gasteiger charge is 2.45. The summed E-state index contributed by atoms with van der Waals surface area (Å²) in [5, 5.41) is 0. The van der Waals surface area contributed by atoms with Crippen LogP contribution in [0.25, 0.3) is 0 Å². The summed E-state index contributed by atoms with van der Waals surface area (Å²) in [5.74, 6) is 1.44. The standard InChI is InChI=1S/C23H28N4O3/c1-15(2)20-24-16(3)13-19(25-20)26-9-11-27(12-10-26)22(29)23(4)14-17-7-5-6-8-18(17)21(28)30-23/h5-8,13,15H,9-12,14H2,1-4H3. The average molecular weight is 409 g/mol. The lowest BCUT2D eigenvalue weighted by Gasteiger charge is -2.41. The van der Waals surface area contributed by atoms with Crippen molar-refractivity contribution in [2.75, 3.05) is 31.1 Å². The van der Waals surface area contributed by atoms with Gasteiger partial charge in [0.2, 0.25) is 0 Å². The van der Waals surface area contributed by atoms with Crippen LogP contribution >= 0.6 is 0 Å². The Labute approximate surface area is 177 Å². The van der Waals surface area contributed by atoms with Crippen LogP contribution in [0.3, 0.4) is 0 Å². The number of carbonyl (C=O) groups is 2. The van der Waals surface area contributed by atoms with Gasteiger partial charge in [0.05, 0.1) is 5.56 Å². The van der Waals surface area contributed by atoms with Crippen molar-refractivity contribution < 1.29 is 14.3 Å². The zero-order chi connectivity index (χ0) is 21.5. The van der Waals surface area contributed by atoms with E-state index >= 15 is 0 Å². The van der Waals surface area contributed by atoms with E-state index in [1.165, 1.54) is 0 Å². The number of carbonyl (C=O) groups excluding carboxylic acids is 2. The molecule has 0 saturated carbocycles. The third-order valence-electron chi connectivity index (χ3n) is 5.80. The van der Waals surface area contributed by atoms with Gasteiger partial charge < -0.3 is 14.5 Å². The van der Waals surface area contributed by atoms with Crippen LogP contribution in [0, 0.1) is 6.92 Å². The van der Waals surface area contributed by atoms with Gasteiger partial charge in [-0.25, -0.2) is 14.8 Å². The summed E-state index contributed by atoms with van der Waals surface area (Å²) in [5.41, 5.74) is 1.19. The number of nitrogens with zero attached hydrogens (tertiary/aromatic N) is 4. The van der Waals surface area contributed by atoms with E-state index in [2.05, 4.69) is 23.7 Å². The molecule has 0 N–H and O–H groups in total. The molecule has 1 aromatic carbocycles. The van der Waals surface area contributed by atoms with Gasteiger partial charge in [0.1, 0.15) is 11.6 Å². The SMILES string of the molecule is Cc1cc(N2CCN(C(=O)C3(C)Cc4ccccc4C(=O)O3)CC2)nc(C(C)C)n1. The molecule has 1 amide bonds. The highest BCUT2D eigenvalue weighted by Crippen LogP contribution is 2.30. The lowest BCUT2D eigenvalue weighted by molar-refractivity contribution is -0.151. The number of aryl methyl sites for hydroxylation is 1. The van der Waals surface area contributed by atoms with Gasteiger partial charge in [0.25, 0.3) is 5.91 Å². The van der Waals surface area contributed by atoms with Crippen molar-refractivity contribution in [1.82, 2.24) is 14.9 Å². The molecule has 0 bridgehead atoms. The van der Waals surface area contributed by atoms with Crippen molar-refractivity contribution in [2.24, 2.45) is 0 Å². The number of piperazine rings is 1. The van der Waals surface area contributed by atoms with E-state index in [9.17, 15) is 9.59 Å². The monoisotopic (exact) mass is 408 g/mol. The molecule has 2 aromatic rings. The molecule has 7 nitrogen and oxygen atoms in total. The molecule has 0 aliphatic carbocycles. The van der Waals surface area contributed by atoms with Crippen LogP contribution in [0.2, 0.25) is 0 Å². The first-order valence-corrected chi connectivity index (χ1v) is 10.5. The predicted molar refractivity (Wildman–Crippen MR) is 114 cm³/mol. The van der Waals surface area contributed by atoms with Gasteiger partial charge in [-0.1, -0.05) is 32.0 Å². The first-order valence-electron chi connectivity index (χ1n) is 10.5. The second-order valence-corrected chi connectivity index (χ2v) is 8.61. The van der Waals surface area contributed by atoms with E-state index in [0.717, 1.165) is 22.9 Å². The molecule has 3 heterocycles. The van der Waals surface area contributed by atoms with Crippen molar-refractivity contribution in [3.63, 3.8) is 0 Å². The van der Waals surface area contributed by atoms with Crippen molar-refractivity contribution in [1.29, 1.82) is 0 Å². The summed E-state index contributed by atoms with van der Waals surface area (Å²) in [7, 11) is 0. The van der Waals surface area contributed by atoms with Crippen LogP contribution in [0.4, 0.5) is 5.82 Å². The van der Waals surface area contributed by atoms with Crippen LogP contribution in [0.5, 0.6) is 0 Å². The number of rotatable bonds is 3. The van der Waals surface area contributed by atoms with Crippen LogP contribution in [0.1, 0.15) is 54.1 Å². The van der Waals surface area contributed by atoms with Gasteiger partial charge in [-0.2, -0.15) is 0 Å². The molecule has 2 aliphatic heterocycles. The van der Waals surface area contributed by atoms with E-state index in [4.69, 9.17) is 9.72 Å². The average Bonchev–Trinajstić information content (AvgIpc) is 2.73. The number of benzene rings is 1. The molecule has 4 rings (SSSR count). The fourth-order valence-electron chi connectivity index (χ4n) is 4.12. The zero-order valence-corrected chi connectivity index (χ0v) is 18.0. The van der Waals surface area contributed by atoms with Gasteiger partial charge in [0, 0.05) is 50.3 Å². The molecule has 1 aromatic heterocycles. The zero-order valence-electron chi connectivity index (χ0n) is 18.0. The van der Waals surface area contributed by atoms with Crippen LogP contribution in [-0.4, -0.2) is 58.5 Å². The Hall–Kier alpha value is -2.96. The number of hydrogen-bond acceptors (Lipinski definition) is 6. The summed E-state index contributed by atoms with van der Waals surface area (Å²) >= 11 is 0. The Morgan fingerprint density at radius 1 is 1.13 bits per heavy atom. The maximum atomic E-state index is 13.3. The minimum atomic E-state index is -1.16. The van der Waals surface area contributed by atoms with Crippen molar-refractivity contribution in [3.8, 4) is 0 Å². The number of aromatic nitrogens is 2. The van der Waals surface area contributed by atoms with E-state index in [1.54, 1.807) is 17.9 Å². The van der Waals surface area contributed by atoms with Gasteiger partial charge in [-0.3, -0.25) is 4.79 Å². The quantitative estimate of drug-likeness (QED) is 0.727. The number of cyclic esters (lactones) is 1. The third-order valence-corrected chi connectivity index (χ3v) is 5.80. The van der Waals surface area contributed by atoms with E-state index in [-0.39, 0.29) is 11.8 Å². The number of hydrogen-bond donors (Lipinski definition) is 0. The minimum absolute atomic E-state index is 0.133. The first-order chi connectivity index (χ1) is 14.3. The summed E-state index contributed by atoms with van der Waals surface area (Å²) in [6.07, 6.45) is 0.400. The predicted octanol–water partition coefficient (Wildman–Crippen LogP) is 2.73. The van der Waals surface area contributed by atoms with E-state index in [1.807, 2.05) is 31.2 Å². The van der Waals surface area contributed by atoms with Crippen LogP contribution in [0.15, 0.2) is 30.3 Å². The Morgan fingerprint density at radius 3 is 2.53 bits per heavy atom. The topological polar surface area (TPSA) is 75.6 Å². The molecule has 2 aliphatic rings. The normalized spacial score (nSPS) is 21.4. The second kappa shape index (κ2) is 7.70. The van der Waals surface area contributed by atoms with Gasteiger partial charge >= 0.3 is 5.97 Å². The van der Waals surface area contributed by atoms with E-state index < -0.39 is 11.6 Å². The van der Waals surface area contributed by atoms with Gasteiger partial charge in [-0.15, -0.1) is 0 Å². The molecule has 7 heteroatoms. The molecular formula is C23H28N4O3. The highest BCUT2D eigenvalue weighted by atomic mass is 16.6. The lowest BCUT2D eigenvalue weighted by atomic mass is 9.88. The number of amides is 1. The highest BCUT2D eigenvalue weighted by molar-refractivity contribution is 5.97. The second-order valence-electron chi connectivity index (χ2n) is 8.61. The third kappa shape index (κ3) is 3.76. The molecule has 1 unspecified atom stereocenters. The molecular weight excluding hydrogens is 380 g/mol. The molecule has 0 radical (unpaired) electrons. The van der Waals surface area contributed by atoms with Gasteiger partial charge in [0.15, 0.2) is 5.60 Å². The van der Waals surface area contributed by atoms with Crippen LogP contribution in [-0.2, 0) is 16.0 Å². The molecule has 158 valence electrons. The Bertz CT molecular complexity index is 982. The maximum absolute atomic E-state index is 13.3. The van der Waals surface area contributed by atoms with Crippen LogP contribution < -0.4 is 4.90 Å². The number of ether oxygens (including phenoxy) is 1. The smallest absolute Gasteiger partial charge is 0.339 e. The Morgan fingerprint density at radius 2 is 1.83 bits per heavy atom. The molecule has 0 spiro atoms. The fourth-order valence-corrected chi connectivity index (χ4v) is 4.12. The summed E-state index contributed by atoms with van der Waals surface area (Å²) in [6, 6.07) is 9.32. The summed E-state index contributed by atoms with van der Waals surface area (Å²) < 4.78 is 5.62. The molecule has 30 heavy (non-hydrogen) atoms. The number of esters is 1. The Balaban J connectivity index is 1.46. The maximum Gasteiger partial charge on any atom is 0.339 e. The largest absolute Gasteiger partial charge is 0.445 e. The molecule has 1 saturated heterocycles. The van der Waals surface area contributed by atoms with E-state index in [0.29, 0.717) is 38.2 Å². The fraction of sp³-hybridized carbons (Fsp3) is 0.478. The summed E-state index contributed by atoms with van der Waals surface area (Å²) in [4.78, 5) is 38.9. The number of fused-ring (bicyclic) bond motifs is 1. The first kappa shape index (κ1) is 20.3. The van der Waals surface area contributed by atoms with Crippen molar-refractivity contribution in [3.05, 3.63) is 53.0 Å². The van der Waals surface area contributed by atoms with Crippen molar-refractivity contribution >= 4 is 17.7 Å².